The number of hydrogen-bond donors (Lipinski definition) is 9. The molecule has 12 aliphatic carbocycles. The van der Waals surface area contributed by atoms with Gasteiger partial charge in [-0.2, -0.15) is 5.10 Å². The van der Waals surface area contributed by atoms with Crippen LogP contribution in [0.25, 0.3) is 0 Å². The summed E-state index contributed by atoms with van der Waals surface area (Å²) >= 11 is 22.6. The van der Waals surface area contributed by atoms with Crippen LogP contribution < -0.4 is 61.5 Å². The van der Waals surface area contributed by atoms with Gasteiger partial charge in [-0.1, -0.05) is 67.2 Å². The minimum absolute atomic E-state index is 0.00368. The third-order valence-corrected chi connectivity index (χ3v) is 28.1. The number of amides is 8. The molecule has 5 atom stereocenters. The van der Waals surface area contributed by atoms with Crippen molar-refractivity contribution >= 4 is 93.7 Å². The third kappa shape index (κ3) is 23.1. The highest BCUT2D eigenvalue weighted by molar-refractivity contribution is 6.31. The molecule has 4 aromatic carbocycles. The molecule has 37 heteroatoms. The summed E-state index contributed by atoms with van der Waals surface area (Å²) in [5, 5.41) is 43.3. The number of aliphatic hydroxyl groups is 1. The van der Waals surface area contributed by atoms with Gasteiger partial charge in [0.2, 0.25) is 0 Å². The topological polar surface area (TPSA) is 367 Å². The van der Waals surface area contributed by atoms with Crippen LogP contribution in [0.5, 0.6) is 23.0 Å². The van der Waals surface area contributed by atoms with Gasteiger partial charge in [0.1, 0.15) is 69.6 Å². The van der Waals surface area contributed by atoms with Gasteiger partial charge in [0, 0.05) is 81.1 Å². The van der Waals surface area contributed by atoms with Crippen molar-refractivity contribution in [3.63, 3.8) is 0 Å². The molecule has 0 saturated heterocycles. The van der Waals surface area contributed by atoms with E-state index < -0.39 is 64.3 Å². The number of pyridine rings is 2. The second-order valence-electron chi connectivity index (χ2n) is 35.4. The van der Waals surface area contributed by atoms with Crippen molar-refractivity contribution in [2.24, 2.45) is 17.8 Å². The van der Waals surface area contributed by atoms with E-state index in [0.717, 1.165) is 100 Å². The number of carbonyl (C=O) groups is 8. The molecule has 12 saturated carbocycles. The number of halogens is 10. The molecule has 686 valence electrons. The summed E-state index contributed by atoms with van der Waals surface area (Å²) in [6.07, 6.45) is 18.1. The number of aromatic nitrogens is 6. The van der Waals surface area contributed by atoms with E-state index in [1.165, 1.54) is 86.2 Å². The Labute approximate surface area is 760 Å². The molecule has 4 heterocycles. The first kappa shape index (κ1) is 95.6. The molecular weight excluding hydrogens is 1760 g/mol. The van der Waals surface area contributed by atoms with Gasteiger partial charge in [-0.3, -0.25) is 48.3 Å². The van der Waals surface area contributed by atoms with Crippen molar-refractivity contribution in [3.8, 4) is 23.0 Å². The Morgan fingerprint density at radius 1 is 0.403 bits per heavy atom. The highest BCUT2D eigenvalue weighted by atomic mass is 35.5. The largest absolute Gasteiger partial charge is 0.484 e. The summed E-state index contributed by atoms with van der Waals surface area (Å²) < 4.78 is 102. The Kier molecular flexibility index (Phi) is 29.8. The molecule has 0 radical (unpaired) electrons. The zero-order valence-electron chi connectivity index (χ0n) is 71.4. The zero-order valence-corrected chi connectivity index (χ0v) is 74.5. The number of aryl methyl sites for hydroxylation is 1. The molecule has 0 aliphatic heterocycles. The number of benzene rings is 4. The molecule has 12 aliphatic rings. The molecular formula is C92H100Cl4F6N14O13. The van der Waals surface area contributed by atoms with E-state index in [1.807, 2.05) is 13.0 Å². The number of carbonyl (C=O) groups excluding carboxylic acids is 8. The summed E-state index contributed by atoms with van der Waals surface area (Å²) in [6.45, 7) is 8.54. The molecule has 8 bridgehead atoms. The Balaban J connectivity index is 0.000000147. The molecule has 20 rings (SSSR count). The molecule has 8 aromatic rings. The standard InChI is InChI=1S/C24H27ClFN3O3.C23H25ClF2N4O4.C23H24ClF2N3O3.C22H24ClFN4O3/c1-15-12-23(28-21(30)14-32-18-5-6-19(25)20(26)11-18)7-9-24(15,10-8-23)29-22(31)17-4-3-16(2)27-13-17;1-13(25)17-10-28-18(11-27-17)21(33)30-22-4-6-23(7-5-22,19(31)9-22)29-20(32)12-34-14-2-3-15(24)16(26)8-14;1-14-11-22(29-21(31)19-5-2-15(25)12-27-19)6-8-23(14,9-7-22)28-20(30)13-32-16-3-4-17(24)18(26)10-16;1-14-12-21(26-19(29)13-31-15-4-5-16(23)17(24)11-15)6-8-22(14,9-7-21)27-20(30)18-3-2-10-25-28-18/h3-6,11,13,15H,7-10,12,14H2,1-2H3,(H,28,30)(H,29,31);2-3,8,10-11,13,19,31H,4-7,9,12H2,1H3,(H,29,32)(H,30,33);2-5,10,12,14H,6-9,11,13H2,1H3,(H,28,30)(H,29,31);2-5,10-11,14H,6-9,12-13H2,1H3,(H,26,29)(H,27,30). The van der Waals surface area contributed by atoms with E-state index in [9.17, 15) is 69.8 Å². The first-order valence-electron chi connectivity index (χ1n) is 42.6. The first-order chi connectivity index (χ1) is 61.3. The van der Waals surface area contributed by atoms with E-state index in [1.54, 1.807) is 24.4 Å². The Morgan fingerprint density at radius 2 is 0.775 bits per heavy atom. The van der Waals surface area contributed by atoms with Gasteiger partial charge in [-0.15, -0.1) is 5.10 Å². The maximum atomic E-state index is 13.5. The van der Waals surface area contributed by atoms with Gasteiger partial charge in [0.05, 0.1) is 61.6 Å². The third-order valence-electron chi connectivity index (χ3n) is 26.9. The van der Waals surface area contributed by atoms with Crippen LogP contribution in [0, 0.1) is 53.8 Å². The molecule has 9 N–H and O–H groups in total. The summed E-state index contributed by atoms with van der Waals surface area (Å²) in [4.78, 5) is 117. The Hall–Kier alpha value is -11.0. The fourth-order valence-electron chi connectivity index (χ4n) is 19.4. The van der Waals surface area contributed by atoms with Crippen molar-refractivity contribution < 1.29 is 88.8 Å². The average molecular weight is 1870 g/mol. The van der Waals surface area contributed by atoms with Gasteiger partial charge in [0.25, 0.3) is 47.3 Å². The van der Waals surface area contributed by atoms with E-state index in [0.29, 0.717) is 69.0 Å². The Bertz CT molecular complexity index is 5420. The molecule has 129 heavy (non-hydrogen) atoms. The van der Waals surface area contributed by atoms with Crippen LogP contribution in [-0.2, 0) is 19.2 Å². The minimum Gasteiger partial charge on any atom is -0.484 e. The van der Waals surface area contributed by atoms with Crippen LogP contribution in [0.4, 0.5) is 26.3 Å². The monoisotopic (exact) mass is 1860 g/mol. The van der Waals surface area contributed by atoms with Crippen molar-refractivity contribution in [1.82, 2.24) is 72.7 Å². The fourth-order valence-corrected chi connectivity index (χ4v) is 19.9. The number of nitrogens with one attached hydrogen (secondary N) is 8. The number of ether oxygens (including phenoxy) is 4. The highest BCUT2D eigenvalue weighted by Gasteiger charge is 2.59. The normalized spacial score (nSPS) is 26.6. The minimum atomic E-state index is -1.28. The SMILES string of the molecule is CC(F)c1cnc(C(=O)NC23CCC(NC(=O)COc4ccc(Cl)c(F)c4)(CC2)C(O)C3)cn1.CC1CC2(NC(=O)COc3ccc(Cl)c(F)c3)CCC1(NC(=O)c1cccnn1)CC2.CC1CC2(NC(=O)c3ccc(F)cn3)CCC1(NC(=O)COc1ccc(Cl)c(F)c1)CC2.Cc1ccc(C(=O)NC23CCC(NC(=O)COc4ccc(Cl)c(F)c4)(CC2)CC3C)cn1. The second kappa shape index (κ2) is 40.2. The number of nitrogens with zero attached hydrogens (tertiary/aromatic N) is 6. The van der Waals surface area contributed by atoms with Gasteiger partial charge in [0.15, 0.2) is 32.1 Å². The van der Waals surface area contributed by atoms with Crippen molar-refractivity contribution in [3.05, 3.63) is 223 Å². The van der Waals surface area contributed by atoms with Crippen molar-refractivity contribution in [2.45, 2.75) is 220 Å². The smallest absolute Gasteiger partial charge is 0.272 e. The lowest BCUT2D eigenvalue weighted by Crippen LogP contribution is -2.70. The van der Waals surface area contributed by atoms with Crippen LogP contribution in [0.1, 0.15) is 215 Å². The molecule has 5 unspecified atom stereocenters. The first-order valence-corrected chi connectivity index (χ1v) is 44.2. The quantitative estimate of drug-likeness (QED) is 0.0240. The van der Waals surface area contributed by atoms with E-state index in [-0.39, 0.29) is 179 Å². The maximum Gasteiger partial charge on any atom is 0.272 e. The predicted octanol–water partition coefficient (Wildman–Crippen LogP) is 14.6. The van der Waals surface area contributed by atoms with Gasteiger partial charge < -0.3 is 66.6 Å². The summed E-state index contributed by atoms with van der Waals surface area (Å²) in [5.74, 6) is -3.79. The van der Waals surface area contributed by atoms with Crippen LogP contribution in [0.15, 0.2) is 140 Å². The lowest BCUT2D eigenvalue weighted by atomic mass is 9.56. The second-order valence-corrected chi connectivity index (χ2v) is 37.0. The summed E-state index contributed by atoms with van der Waals surface area (Å²) in [7, 11) is 0. The predicted molar refractivity (Wildman–Crippen MR) is 464 cm³/mol. The van der Waals surface area contributed by atoms with Crippen LogP contribution in [-0.4, -0.2) is 159 Å². The number of alkyl halides is 1. The molecule has 27 nitrogen and oxygen atoms in total. The van der Waals surface area contributed by atoms with Crippen LogP contribution >= 0.6 is 46.4 Å². The van der Waals surface area contributed by atoms with Gasteiger partial charge >= 0.3 is 0 Å². The molecule has 4 aromatic heterocycles. The lowest BCUT2D eigenvalue weighted by molar-refractivity contribution is -0.132. The number of rotatable bonds is 25. The number of fused-ring (bicyclic) bond motifs is 12. The zero-order chi connectivity index (χ0) is 92.4. The van der Waals surface area contributed by atoms with E-state index in [4.69, 9.17) is 65.4 Å². The molecule has 12 fully saturated rings. The van der Waals surface area contributed by atoms with Crippen molar-refractivity contribution in [2.75, 3.05) is 26.4 Å². The number of hydrogen-bond acceptors (Lipinski definition) is 19. The highest BCUT2D eigenvalue weighted by Crippen LogP contribution is 2.54. The van der Waals surface area contributed by atoms with Gasteiger partial charge in [-0.05, 0) is 245 Å². The number of aliphatic hydroxyl groups excluding tert-OH is 1. The van der Waals surface area contributed by atoms with E-state index in [2.05, 4.69) is 93.4 Å². The van der Waals surface area contributed by atoms with Crippen LogP contribution in [0.3, 0.4) is 0 Å². The summed E-state index contributed by atoms with van der Waals surface area (Å²) in [5.41, 5.74) is -1.26. The molecule has 0 spiro atoms. The van der Waals surface area contributed by atoms with Gasteiger partial charge in [-0.25, -0.2) is 36.3 Å². The lowest BCUT2D eigenvalue weighted by Gasteiger charge is -2.57. The van der Waals surface area contributed by atoms with Crippen molar-refractivity contribution in [1.29, 1.82) is 0 Å². The summed E-state index contributed by atoms with van der Waals surface area (Å²) in [6, 6.07) is 25.6. The Morgan fingerprint density at radius 3 is 1.13 bits per heavy atom. The average Bonchev–Trinajstić information content (AvgIpc) is 0.755. The molecule has 8 amide bonds. The fraction of sp³-hybridized carbons (Fsp3) is 0.457. The van der Waals surface area contributed by atoms with E-state index >= 15 is 0 Å². The maximum absolute atomic E-state index is 13.5. The van der Waals surface area contributed by atoms with Crippen LogP contribution in [0.2, 0.25) is 20.1 Å².